The highest BCUT2D eigenvalue weighted by molar-refractivity contribution is 5.22. The van der Waals surface area contributed by atoms with Gasteiger partial charge in [0.15, 0.2) is 0 Å². The van der Waals surface area contributed by atoms with E-state index in [1.54, 1.807) is 0 Å². The fourth-order valence-electron chi connectivity index (χ4n) is 2.73. The molecule has 0 bridgehead atoms. The molecule has 0 fully saturated rings. The number of aliphatic hydroxyl groups is 1. The highest BCUT2D eigenvalue weighted by atomic mass is 16.5. The zero-order chi connectivity index (χ0) is 17.4. The summed E-state index contributed by atoms with van der Waals surface area (Å²) in [7, 11) is 0. The molecule has 0 aromatic heterocycles. The molecule has 3 nitrogen and oxygen atoms in total. The van der Waals surface area contributed by atoms with Crippen molar-refractivity contribution in [3.63, 3.8) is 0 Å². The normalized spacial score (nSPS) is 12.6. The molecule has 0 spiro atoms. The molecule has 1 N–H and O–H groups in total. The first kappa shape index (κ1) is 18.5. The fourth-order valence-corrected chi connectivity index (χ4v) is 2.73. The molecule has 0 aliphatic rings. The van der Waals surface area contributed by atoms with E-state index in [2.05, 4.69) is 49.9 Å². The van der Waals surface area contributed by atoms with Crippen molar-refractivity contribution in [2.24, 2.45) is 5.92 Å². The Morgan fingerprint density at radius 1 is 0.958 bits per heavy atom. The van der Waals surface area contributed by atoms with Gasteiger partial charge in [-0.25, -0.2) is 0 Å². The lowest BCUT2D eigenvalue weighted by Gasteiger charge is -2.27. The van der Waals surface area contributed by atoms with Crippen LogP contribution < -0.4 is 4.74 Å². The third-order valence-electron chi connectivity index (χ3n) is 3.80. The Bertz CT molecular complexity index is 581. The Labute approximate surface area is 145 Å². The molecule has 130 valence electrons. The highest BCUT2D eigenvalue weighted by Gasteiger charge is 2.14. The average Bonchev–Trinajstić information content (AvgIpc) is 2.55. The largest absolute Gasteiger partial charge is 0.491 e. The van der Waals surface area contributed by atoms with Crippen molar-refractivity contribution in [3.05, 3.63) is 65.7 Å². The van der Waals surface area contributed by atoms with E-state index in [9.17, 15) is 5.11 Å². The molecule has 2 aromatic rings. The molecule has 0 saturated carbocycles. The Morgan fingerprint density at radius 3 is 2.25 bits per heavy atom. The number of hydrogen-bond acceptors (Lipinski definition) is 3. The van der Waals surface area contributed by atoms with Crippen molar-refractivity contribution in [2.75, 3.05) is 19.7 Å². The Morgan fingerprint density at radius 2 is 1.62 bits per heavy atom. The van der Waals surface area contributed by atoms with Gasteiger partial charge in [0.05, 0.1) is 0 Å². The second kappa shape index (κ2) is 9.45. The smallest absolute Gasteiger partial charge is 0.119 e. The van der Waals surface area contributed by atoms with Gasteiger partial charge >= 0.3 is 0 Å². The first-order valence-corrected chi connectivity index (χ1v) is 8.66. The summed E-state index contributed by atoms with van der Waals surface area (Å²) < 4.78 is 5.66. The lowest BCUT2D eigenvalue weighted by atomic mass is 10.1. The zero-order valence-electron chi connectivity index (χ0n) is 15.0. The first-order chi connectivity index (χ1) is 11.5. The van der Waals surface area contributed by atoms with Crippen LogP contribution in [0.5, 0.6) is 5.75 Å². The number of ether oxygens (including phenoxy) is 1. The minimum atomic E-state index is -0.505. The van der Waals surface area contributed by atoms with E-state index in [1.165, 1.54) is 11.1 Å². The predicted molar refractivity (Wildman–Crippen MR) is 99.2 cm³/mol. The van der Waals surface area contributed by atoms with Gasteiger partial charge in [-0.2, -0.15) is 0 Å². The van der Waals surface area contributed by atoms with Gasteiger partial charge in [0.25, 0.3) is 0 Å². The maximum absolute atomic E-state index is 10.3. The van der Waals surface area contributed by atoms with Crippen LogP contribution in [0.25, 0.3) is 0 Å². The molecule has 0 saturated heterocycles. The van der Waals surface area contributed by atoms with Crippen LogP contribution in [-0.2, 0) is 6.54 Å². The van der Waals surface area contributed by atoms with Gasteiger partial charge in [0, 0.05) is 19.6 Å². The van der Waals surface area contributed by atoms with Crippen molar-refractivity contribution in [1.29, 1.82) is 0 Å². The number of aryl methyl sites for hydroxylation is 1. The fraction of sp³-hybridized carbons (Fsp3) is 0.429. The van der Waals surface area contributed by atoms with E-state index in [-0.39, 0.29) is 0 Å². The molecule has 2 aromatic carbocycles. The molecule has 0 unspecified atom stereocenters. The molecule has 0 heterocycles. The van der Waals surface area contributed by atoms with Gasteiger partial charge in [-0.15, -0.1) is 0 Å². The van der Waals surface area contributed by atoms with Crippen LogP contribution in [0.15, 0.2) is 54.6 Å². The minimum Gasteiger partial charge on any atom is -0.491 e. The van der Waals surface area contributed by atoms with Crippen LogP contribution in [-0.4, -0.2) is 35.8 Å². The molecule has 0 aliphatic heterocycles. The highest BCUT2D eigenvalue weighted by Crippen LogP contribution is 2.12. The Kier molecular flexibility index (Phi) is 7.29. The molecule has 1 atom stereocenters. The topological polar surface area (TPSA) is 32.7 Å². The van der Waals surface area contributed by atoms with Crippen molar-refractivity contribution >= 4 is 0 Å². The maximum Gasteiger partial charge on any atom is 0.119 e. The summed E-state index contributed by atoms with van der Waals surface area (Å²) in [4.78, 5) is 2.30. The summed E-state index contributed by atoms with van der Waals surface area (Å²) in [6.45, 7) is 9.23. The van der Waals surface area contributed by atoms with Gasteiger partial charge < -0.3 is 9.84 Å². The number of para-hydroxylation sites is 1. The SMILES string of the molecule is Cc1ccc(CN(CC(C)C)C[C@H](O)COc2ccccc2)cc1. The van der Waals surface area contributed by atoms with E-state index < -0.39 is 6.10 Å². The van der Waals surface area contributed by atoms with Gasteiger partial charge in [-0.1, -0.05) is 61.9 Å². The summed E-state index contributed by atoms with van der Waals surface area (Å²) in [6, 6.07) is 18.2. The molecule has 2 rings (SSSR count). The molecule has 24 heavy (non-hydrogen) atoms. The number of nitrogens with zero attached hydrogens (tertiary/aromatic N) is 1. The first-order valence-electron chi connectivity index (χ1n) is 8.66. The Balaban J connectivity index is 1.88. The van der Waals surface area contributed by atoms with Crippen LogP contribution in [0.4, 0.5) is 0 Å². The summed E-state index contributed by atoms with van der Waals surface area (Å²) in [6.07, 6.45) is -0.505. The van der Waals surface area contributed by atoms with Gasteiger partial charge in [0.2, 0.25) is 0 Å². The van der Waals surface area contributed by atoms with E-state index in [1.807, 2.05) is 30.3 Å². The van der Waals surface area contributed by atoms with E-state index >= 15 is 0 Å². The van der Waals surface area contributed by atoms with Crippen LogP contribution in [0.3, 0.4) is 0 Å². The van der Waals surface area contributed by atoms with Gasteiger partial charge in [-0.3, -0.25) is 4.90 Å². The number of aliphatic hydroxyl groups excluding tert-OH is 1. The third-order valence-corrected chi connectivity index (χ3v) is 3.80. The molecule has 0 radical (unpaired) electrons. The number of hydrogen-bond donors (Lipinski definition) is 1. The second-order valence-electron chi connectivity index (χ2n) is 6.85. The second-order valence-corrected chi connectivity index (χ2v) is 6.85. The van der Waals surface area contributed by atoms with E-state index in [4.69, 9.17) is 4.74 Å². The van der Waals surface area contributed by atoms with Crippen molar-refractivity contribution in [3.8, 4) is 5.75 Å². The van der Waals surface area contributed by atoms with Crippen LogP contribution >= 0.6 is 0 Å². The molecular weight excluding hydrogens is 298 g/mol. The van der Waals surface area contributed by atoms with Crippen LogP contribution in [0.1, 0.15) is 25.0 Å². The minimum absolute atomic E-state index is 0.312. The summed E-state index contributed by atoms with van der Waals surface area (Å²) in [5, 5.41) is 10.3. The summed E-state index contributed by atoms with van der Waals surface area (Å²) >= 11 is 0. The van der Waals surface area contributed by atoms with E-state index in [0.717, 1.165) is 18.8 Å². The predicted octanol–water partition coefficient (Wildman–Crippen LogP) is 3.89. The molecule has 3 heteroatoms. The number of benzene rings is 2. The molecule has 0 amide bonds. The summed E-state index contributed by atoms with van der Waals surface area (Å²) in [5.74, 6) is 1.35. The van der Waals surface area contributed by atoms with Crippen molar-refractivity contribution in [2.45, 2.75) is 33.4 Å². The van der Waals surface area contributed by atoms with Crippen molar-refractivity contribution in [1.82, 2.24) is 4.90 Å². The van der Waals surface area contributed by atoms with Gasteiger partial charge in [-0.05, 0) is 30.5 Å². The monoisotopic (exact) mass is 327 g/mol. The Hall–Kier alpha value is -1.84. The quantitative estimate of drug-likeness (QED) is 0.758. The van der Waals surface area contributed by atoms with Crippen molar-refractivity contribution < 1.29 is 9.84 Å². The standard InChI is InChI=1S/C21H29NO2/c1-17(2)13-22(14-19-11-9-18(3)10-12-19)15-20(23)16-24-21-7-5-4-6-8-21/h4-12,17,20,23H,13-16H2,1-3H3/t20-/m0/s1. The van der Waals surface area contributed by atoms with Gasteiger partial charge in [0.1, 0.15) is 18.5 Å². The molecule has 0 aliphatic carbocycles. The zero-order valence-corrected chi connectivity index (χ0v) is 15.0. The number of rotatable bonds is 9. The third kappa shape index (κ3) is 6.73. The van der Waals surface area contributed by atoms with E-state index in [0.29, 0.717) is 19.1 Å². The lowest BCUT2D eigenvalue weighted by Crippen LogP contribution is -2.37. The average molecular weight is 327 g/mol. The maximum atomic E-state index is 10.3. The molecular formula is C21H29NO2. The van der Waals surface area contributed by atoms with Crippen LogP contribution in [0.2, 0.25) is 0 Å². The van der Waals surface area contributed by atoms with Crippen LogP contribution in [0, 0.1) is 12.8 Å². The summed E-state index contributed by atoms with van der Waals surface area (Å²) in [5.41, 5.74) is 2.54. The lowest BCUT2D eigenvalue weighted by molar-refractivity contribution is 0.0615.